The lowest BCUT2D eigenvalue weighted by molar-refractivity contribution is 0.0123. The second-order valence-corrected chi connectivity index (χ2v) is 22.6. The molecule has 2 aliphatic heterocycles. The number of methoxy groups -OCH3 is 1. The fourth-order valence-electron chi connectivity index (χ4n) is 9.09. The molecule has 0 radical (unpaired) electrons. The molecule has 2 aromatic heterocycles. The maximum absolute atomic E-state index is 17.4. The number of aromatic nitrogens is 2. The largest absolute Gasteiger partial charge is 0.468 e. The number of carbonyl (C=O) groups excluding carboxylic acids is 1. The SMILES string of the molecule is COCOc1cc(-c2ncc3c(N4CC5CCC(C4)N5C(=O)OC(C)(C)C)cc(=O)n(C)c3c2F)c2c(C#C[Si](C(C)C)(C(C)C)C(C)C)c(F)ccc2c1. The predicted molar refractivity (Wildman–Crippen MR) is 217 cm³/mol. The molecule has 294 valence electrons. The summed E-state index contributed by atoms with van der Waals surface area (Å²) in [7, 11) is 0.752. The number of amides is 1. The summed E-state index contributed by atoms with van der Waals surface area (Å²) in [5.41, 5.74) is 4.60. The summed E-state index contributed by atoms with van der Waals surface area (Å²) >= 11 is 0. The smallest absolute Gasteiger partial charge is 0.410 e. The lowest BCUT2D eigenvalue weighted by Gasteiger charge is -2.42. The maximum atomic E-state index is 17.4. The van der Waals surface area contributed by atoms with Crippen molar-refractivity contribution in [2.45, 2.75) is 109 Å². The number of halogens is 2. The lowest BCUT2D eigenvalue weighted by atomic mass is 9.95. The average molecular weight is 773 g/mol. The minimum atomic E-state index is -2.29. The van der Waals surface area contributed by atoms with Crippen LogP contribution < -0.4 is 15.2 Å². The van der Waals surface area contributed by atoms with Crippen LogP contribution in [0.4, 0.5) is 19.3 Å². The summed E-state index contributed by atoms with van der Waals surface area (Å²) in [6.07, 6.45) is 2.83. The first-order valence-electron chi connectivity index (χ1n) is 19.3. The Bertz CT molecular complexity index is 2220. The molecule has 4 heterocycles. The summed E-state index contributed by atoms with van der Waals surface area (Å²) in [6, 6.07) is 7.69. The molecule has 1 amide bonds. The molecule has 2 fully saturated rings. The number of benzene rings is 2. The summed E-state index contributed by atoms with van der Waals surface area (Å²) in [5, 5.41) is 1.47. The van der Waals surface area contributed by atoms with Gasteiger partial charge in [0.15, 0.2) is 12.6 Å². The van der Waals surface area contributed by atoms with Crippen molar-refractivity contribution in [3.63, 3.8) is 0 Å². The van der Waals surface area contributed by atoms with Crippen LogP contribution in [-0.4, -0.2) is 73.3 Å². The summed E-state index contributed by atoms with van der Waals surface area (Å²) < 4.78 is 51.5. The molecule has 0 saturated carbocycles. The molecule has 55 heavy (non-hydrogen) atoms. The molecule has 2 atom stereocenters. The van der Waals surface area contributed by atoms with Gasteiger partial charge in [-0.25, -0.2) is 13.6 Å². The first-order chi connectivity index (χ1) is 25.9. The highest BCUT2D eigenvalue weighted by Gasteiger charge is 2.45. The van der Waals surface area contributed by atoms with Crippen LogP contribution >= 0.6 is 0 Å². The van der Waals surface area contributed by atoms with E-state index in [9.17, 15) is 9.59 Å². The van der Waals surface area contributed by atoms with Crippen LogP contribution in [0.2, 0.25) is 16.6 Å². The maximum Gasteiger partial charge on any atom is 0.410 e. The number of nitrogens with zero attached hydrogens (tertiary/aromatic N) is 4. The predicted octanol–water partition coefficient (Wildman–Crippen LogP) is 9.17. The van der Waals surface area contributed by atoms with E-state index in [4.69, 9.17) is 19.2 Å². The minimum absolute atomic E-state index is 0.0568. The van der Waals surface area contributed by atoms with Gasteiger partial charge in [-0.1, -0.05) is 53.5 Å². The molecule has 2 aromatic carbocycles. The Balaban J connectivity index is 1.53. The van der Waals surface area contributed by atoms with Gasteiger partial charge >= 0.3 is 6.09 Å². The molecule has 9 nitrogen and oxygen atoms in total. The quantitative estimate of drug-likeness (QED) is 0.100. The molecule has 2 aliphatic rings. The Labute approximate surface area is 324 Å². The van der Waals surface area contributed by atoms with Crippen molar-refractivity contribution in [2.75, 3.05) is 31.9 Å². The third-order valence-corrected chi connectivity index (χ3v) is 17.8. The van der Waals surface area contributed by atoms with Gasteiger partial charge in [0.25, 0.3) is 5.56 Å². The Morgan fingerprint density at radius 1 is 1.00 bits per heavy atom. The first-order valence-corrected chi connectivity index (χ1v) is 21.5. The Hall–Kier alpha value is -4.47. The zero-order valence-corrected chi connectivity index (χ0v) is 35.0. The number of piperazine rings is 1. The molecule has 6 rings (SSSR count). The van der Waals surface area contributed by atoms with E-state index in [1.165, 1.54) is 30.9 Å². The van der Waals surface area contributed by atoms with E-state index in [1.807, 2.05) is 25.7 Å². The van der Waals surface area contributed by atoms with Crippen LogP contribution in [0.25, 0.3) is 32.9 Å². The molecule has 0 aliphatic carbocycles. The number of rotatable bonds is 8. The van der Waals surface area contributed by atoms with Gasteiger partial charge in [-0.15, -0.1) is 5.54 Å². The molecule has 0 N–H and O–H groups in total. The molecular formula is C43H54F2N4O5Si. The second kappa shape index (κ2) is 15.2. The van der Waals surface area contributed by atoms with Crippen LogP contribution in [-0.2, 0) is 16.5 Å². The standard InChI is InChI=1S/C43H54F2N4O5Si/c1-25(2)55(26(3)4,27(5)6)17-16-32-35(44)15-12-28-18-31(53-24-52-11)19-33(38(28)32)40-39(45)41-34(21-46-40)36(20-37(50)47(41)10)48-22-29-13-14-30(23-48)49(29)42(51)54-43(7,8)9/h12,15,18-21,25-27,29-30H,13-14,22-24H2,1-11H3. The number of ether oxygens (including phenoxy) is 3. The van der Waals surface area contributed by atoms with E-state index in [1.54, 1.807) is 24.4 Å². The Morgan fingerprint density at radius 2 is 1.64 bits per heavy atom. The number of pyridine rings is 2. The Kier molecular flexibility index (Phi) is 11.1. The number of aryl methyl sites for hydroxylation is 1. The van der Waals surface area contributed by atoms with Crippen LogP contribution in [0.15, 0.2) is 41.3 Å². The van der Waals surface area contributed by atoms with Crippen LogP contribution in [0.5, 0.6) is 5.75 Å². The summed E-state index contributed by atoms with van der Waals surface area (Å²) in [4.78, 5) is 35.4. The van der Waals surface area contributed by atoms with Crippen molar-refractivity contribution in [1.29, 1.82) is 0 Å². The van der Waals surface area contributed by atoms with Gasteiger partial charge < -0.3 is 23.7 Å². The van der Waals surface area contributed by atoms with E-state index in [2.05, 4.69) is 57.9 Å². The molecule has 0 spiro atoms. The highest BCUT2D eigenvalue weighted by atomic mass is 28.3. The number of hydrogen-bond donors (Lipinski definition) is 0. The van der Waals surface area contributed by atoms with Crippen molar-refractivity contribution in [3.8, 4) is 28.5 Å². The monoisotopic (exact) mass is 772 g/mol. The highest BCUT2D eigenvalue weighted by Crippen LogP contribution is 2.43. The normalized spacial score (nSPS) is 17.5. The van der Waals surface area contributed by atoms with Crippen molar-refractivity contribution in [1.82, 2.24) is 14.5 Å². The van der Waals surface area contributed by atoms with E-state index in [-0.39, 0.29) is 41.7 Å². The van der Waals surface area contributed by atoms with Gasteiger partial charge in [-0.2, -0.15) is 0 Å². The van der Waals surface area contributed by atoms with E-state index >= 15 is 8.78 Å². The number of fused-ring (bicyclic) bond motifs is 4. The van der Waals surface area contributed by atoms with Crippen molar-refractivity contribution < 1.29 is 27.8 Å². The van der Waals surface area contributed by atoms with Crippen LogP contribution in [0.3, 0.4) is 0 Å². The van der Waals surface area contributed by atoms with E-state index in [0.717, 1.165) is 12.8 Å². The van der Waals surface area contributed by atoms with Gasteiger partial charge in [-0.3, -0.25) is 14.7 Å². The number of hydrogen-bond acceptors (Lipinski definition) is 7. The number of anilines is 1. The van der Waals surface area contributed by atoms with Crippen LogP contribution in [0.1, 0.15) is 80.7 Å². The van der Waals surface area contributed by atoms with E-state index in [0.29, 0.717) is 62.9 Å². The van der Waals surface area contributed by atoms with Crippen LogP contribution in [0, 0.1) is 23.1 Å². The Morgan fingerprint density at radius 3 is 2.22 bits per heavy atom. The molecule has 4 aromatic rings. The molecule has 2 unspecified atom stereocenters. The van der Waals surface area contributed by atoms with Gasteiger partial charge in [0.05, 0.1) is 28.9 Å². The van der Waals surface area contributed by atoms with Crippen molar-refractivity contribution >= 4 is 41.5 Å². The van der Waals surface area contributed by atoms with Gasteiger partial charge in [0.2, 0.25) is 0 Å². The molecule has 12 heteroatoms. The molecule has 2 bridgehead atoms. The third kappa shape index (κ3) is 7.33. The van der Waals surface area contributed by atoms with Gasteiger partial charge in [0, 0.05) is 55.8 Å². The van der Waals surface area contributed by atoms with Gasteiger partial charge in [0.1, 0.15) is 30.9 Å². The molecule has 2 saturated heterocycles. The van der Waals surface area contributed by atoms with Gasteiger partial charge in [-0.05, 0) is 73.8 Å². The summed E-state index contributed by atoms with van der Waals surface area (Å²) in [5.74, 6) is 2.45. The fraction of sp³-hybridized carbons (Fsp3) is 0.512. The highest BCUT2D eigenvalue weighted by molar-refractivity contribution is 6.90. The zero-order valence-electron chi connectivity index (χ0n) is 34.0. The second-order valence-electron chi connectivity index (χ2n) is 17.0. The fourth-order valence-corrected chi connectivity index (χ4v) is 14.3. The third-order valence-electron chi connectivity index (χ3n) is 11.5. The zero-order chi connectivity index (χ0) is 40.1. The number of carbonyl (C=O) groups is 1. The topological polar surface area (TPSA) is 86.1 Å². The summed E-state index contributed by atoms with van der Waals surface area (Å²) in [6.45, 7) is 19.6. The lowest BCUT2D eigenvalue weighted by Crippen LogP contribution is -2.57. The minimum Gasteiger partial charge on any atom is -0.468 e. The van der Waals surface area contributed by atoms with Crippen molar-refractivity contribution in [2.24, 2.45) is 7.05 Å². The van der Waals surface area contributed by atoms with E-state index < -0.39 is 30.9 Å². The molecular weight excluding hydrogens is 719 g/mol. The first kappa shape index (κ1) is 40.2. The average Bonchev–Trinajstić information content (AvgIpc) is 3.37. The van der Waals surface area contributed by atoms with Crippen molar-refractivity contribution in [3.05, 3.63) is 64.1 Å².